The summed E-state index contributed by atoms with van der Waals surface area (Å²) in [5.74, 6) is -0.400. The smallest absolute Gasteiger partial charge is 0.263 e. The van der Waals surface area contributed by atoms with Crippen molar-refractivity contribution in [2.75, 3.05) is 10.0 Å². The van der Waals surface area contributed by atoms with E-state index >= 15 is 0 Å². The van der Waals surface area contributed by atoms with Crippen molar-refractivity contribution in [1.82, 2.24) is 9.97 Å². The molecule has 0 amide bonds. The van der Waals surface area contributed by atoms with Gasteiger partial charge < -0.3 is 5.32 Å². The van der Waals surface area contributed by atoms with E-state index in [9.17, 15) is 12.8 Å². The van der Waals surface area contributed by atoms with Crippen LogP contribution < -0.4 is 10.0 Å². The molecule has 30 heavy (non-hydrogen) atoms. The van der Waals surface area contributed by atoms with E-state index in [0.29, 0.717) is 26.8 Å². The van der Waals surface area contributed by atoms with Crippen molar-refractivity contribution in [3.05, 3.63) is 82.6 Å². The number of nitrogens with one attached hydrogen (secondary N) is 2. The Labute approximate surface area is 181 Å². The summed E-state index contributed by atoms with van der Waals surface area (Å²) in [5.41, 5.74) is 1.59. The van der Waals surface area contributed by atoms with Crippen LogP contribution in [0.3, 0.4) is 0 Å². The maximum absolute atomic E-state index is 13.2. The molecule has 152 valence electrons. The second kappa shape index (κ2) is 8.06. The monoisotopic (exact) mass is 462 g/mol. The predicted octanol–water partition coefficient (Wildman–Crippen LogP) is 5.62. The Hall–Kier alpha value is -2.94. The van der Waals surface area contributed by atoms with Crippen LogP contribution in [0.2, 0.25) is 10.0 Å². The summed E-state index contributed by atoms with van der Waals surface area (Å²) in [6.45, 7) is 0. The van der Waals surface area contributed by atoms with Gasteiger partial charge in [0.15, 0.2) is 11.6 Å². The maximum Gasteiger partial charge on any atom is 0.263 e. The third kappa shape index (κ3) is 4.30. The average molecular weight is 463 g/mol. The largest absolute Gasteiger partial charge is 0.337 e. The van der Waals surface area contributed by atoms with Crippen LogP contribution in [0.4, 0.5) is 21.7 Å². The number of fused-ring (bicyclic) bond motifs is 1. The molecular formula is C20H13Cl2FN4O2S. The number of rotatable bonds is 5. The number of hydrogen-bond donors (Lipinski definition) is 2. The topological polar surface area (TPSA) is 84.0 Å². The van der Waals surface area contributed by atoms with Crippen LogP contribution in [0.1, 0.15) is 0 Å². The van der Waals surface area contributed by atoms with Crippen molar-refractivity contribution in [2.24, 2.45) is 0 Å². The van der Waals surface area contributed by atoms with E-state index in [0.717, 1.165) is 24.3 Å². The molecule has 0 spiro atoms. The summed E-state index contributed by atoms with van der Waals surface area (Å²) < 4.78 is 41.2. The Morgan fingerprint density at radius 3 is 2.07 bits per heavy atom. The zero-order valence-corrected chi connectivity index (χ0v) is 17.4. The fourth-order valence-corrected chi connectivity index (χ4v) is 3.98. The lowest BCUT2D eigenvalue weighted by Gasteiger charge is -2.14. The molecule has 1 heterocycles. The molecule has 0 atom stereocenters. The molecular weight excluding hydrogens is 450 g/mol. The molecule has 3 aromatic carbocycles. The number of aromatic nitrogens is 2. The van der Waals surface area contributed by atoms with Crippen LogP contribution in [0.25, 0.3) is 11.0 Å². The highest BCUT2D eigenvalue weighted by atomic mass is 35.5. The van der Waals surface area contributed by atoms with Crippen molar-refractivity contribution in [3.8, 4) is 0 Å². The molecule has 10 heteroatoms. The molecule has 0 radical (unpaired) electrons. The second-order valence-electron chi connectivity index (χ2n) is 6.22. The molecule has 0 aliphatic rings. The van der Waals surface area contributed by atoms with Gasteiger partial charge in [-0.1, -0.05) is 35.3 Å². The van der Waals surface area contributed by atoms with Crippen LogP contribution in [-0.4, -0.2) is 18.4 Å². The molecule has 0 saturated carbocycles. The summed E-state index contributed by atoms with van der Waals surface area (Å²) in [6, 6.07) is 16.3. The van der Waals surface area contributed by atoms with E-state index in [1.807, 2.05) is 0 Å². The molecule has 0 saturated heterocycles. The van der Waals surface area contributed by atoms with Gasteiger partial charge in [0.1, 0.15) is 5.82 Å². The summed E-state index contributed by atoms with van der Waals surface area (Å²) in [4.78, 5) is 8.76. The van der Waals surface area contributed by atoms with Gasteiger partial charge in [0, 0.05) is 5.69 Å². The van der Waals surface area contributed by atoms with E-state index in [-0.39, 0.29) is 16.5 Å². The first-order valence-corrected chi connectivity index (χ1v) is 10.8. The summed E-state index contributed by atoms with van der Waals surface area (Å²) in [5, 5.41) is 3.71. The molecule has 6 nitrogen and oxygen atoms in total. The Morgan fingerprint density at radius 1 is 0.800 bits per heavy atom. The molecule has 0 bridgehead atoms. The average Bonchev–Trinajstić information content (AvgIpc) is 2.71. The first kappa shape index (κ1) is 20.3. The first-order valence-electron chi connectivity index (χ1n) is 8.59. The lowest BCUT2D eigenvalue weighted by molar-refractivity contribution is 0.599. The minimum atomic E-state index is -4.03. The summed E-state index contributed by atoms with van der Waals surface area (Å²) in [7, 11) is -4.03. The van der Waals surface area contributed by atoms with Crippen molar-refractivity contribution in [2.45, 2.75) is 4.90 Å². The third-order valence-corrected chi connectivity index (χ3v) is 6.20. The van der Waals surface area contributed by atoms with E-state index in [1.165, 1.54) is 0 Å². The van der Waals surface area contributed by atoms with Gasteiger partial charge in [-0.3, -0.25) is 4.72 Å². The number of anilines is 3. The molecule has 0 aliphatic carbocycles. The molecule has 0 aliphatic heterocycles. The van der Waals surface area contributed by atoms with Crippen molar-refractivity contribution in [1.29, 1.82) is 0 Å². The fourth-order valence-electron chi connectivity index (χ4n) is 2.67. The number of halogens is 3. The lowest BCUT2D eigenvalue weighted by Crippen LogP contribution is -2.16. The SMILES string of the molecule is O=S(=O)(Nc1nc2ccccc2nc1Nc1ccc(Cl)c(Cl)c1)c1ccc(F)cc1. The van der Waals surface area contributed by atoms with Gasteiger partial charge in [-0.15, -0.1) is 0 Å². The van der Waals surface area contributed by atoms with Gasteiger partial charge >= 0.3 is 0 Å². The van der Waals surface area contributed by atoms with Gasteiger partial charge in [-0.2, -0.15) is 0 Å². The molecule has 4 rings (SSSR count). The number of nitrogens with zero attached hydrogens (tertiary/aromatic N) is 2. The van der Waals surface area contributed by atoms with Gasteiger partial charge in [-0.05, 0) is 54.6 Å². The predicted molar refractivity (Wildman–Crippen MR) is 116 cm³/mol. The van der Waals surface area contributed by atoms with Gasteiger partial charge in [0.2, 0.25) is 0 Å². The number of benzene rings is 3. The zero-order chi connectivity index (χ0) is 21.3. The highest BCUT2D eigenvalue weighted by Gasteiger charge is 2.19. The Kier molecular flexibility index (Phi) is 5.46. The minimum Gasteiger partial charge on any atom is -0.337 e. The quantitative estimate of drug-likeness (QED) is 0.402. The minimum absolute atomic E-state index is 0.0240. The van der Waals surface area contributed by atoms with E-state index in [2.05, 4.69) is 20.0 Å². The van der Waals surface area contributed by atoms with Gasteiger partial charge in [-0.25, -0.2) is 22.8 Å². The Balaban J connectivity index is 1.78. The molecule has 1 aromatic heterocycles. The highest BCUT2D eigenvalue weighted by Crippen LogP contribution is 2.30. The zero-order valence-electron chi connectivity index (χ0n) is 15.1. The third-order valence-electron chi connectivity index (χ3n) is 4.11. The van der Waals surface area contributed by atoms with Crippen molar-refractivity contribution < 1.29 is 12.8 Å². The first-order chi connectivity index (χ1) is 14.3. The highest BCUT2D eigenvalue weighted by molar-refractivity contribution is 7.92. The number of para-hydroxylation sites is 2. The number of hydrogen-bond acceptors (Lipinski definition) is 5. The van der Waals surface area contributed by atoms with Crippen LogP contribution in [0.5, 0.6) is 0 Å². The summed E-state index contributed by atoms with van der Waals surface area (Å²) >= 11 is 12.0. The molecule has 0 fully saturated rings. The van der Waals surface area contributed by atoms with Gasteiger partial charge in [0.25, 0.3) is 10.0 Å². The van der Waals surface area contributed by atoms with Crippen LogP contribution in [-0.2, 0) is 10.0 Å². The van der Waals surface area contributed by atoms with Crippen LogP contribution in [0.15, 0.2) is 71.6 Å². The number of sulfonamides is 1. The molecule has 4 aromatic rings. The van der Waals surface area contributed by atoms with E-state index in [4.69, 9.17) is 23.2 Å². The normalized spacial score (nSPS) is 11.4. The van der Waals surface area contributed by atoms with Crippen molar-refractivity contribution in [3.63, 3.8) is 0 Å². The van der Waals surface area contributed by atoms with E-state index < -0.39 is 15.8 Å². The van der Waals surface area contributed by atoms with Crippen LogP contribution in [0, 0.1) is 5.82 Å². The Morgan fingerprint density at radius 2 is 1.43 bits per heavy atom. The van der Waals surface area contributed by atoms with E-state index in [1.54, 1.807) is 42.5 Å². The lowest BCUT2D eigenvalue weighted by atomic mass is 10.3. The van der Waals surface area contributed by atoms with Gasteiger partial charge in [0.05, 0.1) is 26.0 Å². The Bertz CT molecular complexity index is 1350. The fraction of sp³-hybridized carbons (Fsp3) is 0. The summed E-state index contributed by atoms with van der Waals surface area (Å²) in [6.07, 6.45) is 0. The molecule has 0 unspecified atom stereocenters. The standard InChI is InChI=1S/C20H13Cl2FN4O2S/c21-15-10-7-13(11-16(15)22)24-19-20(26-18-4-2-1-3-17(18)25-19)27-30(28,29)14-8-5-12(23)6-9-14/h1-11H,(H,24,25)(H,26,27). The molecule has 2 N–H and O–H groups in total. The van der Waals surface area contributed by atoms with Crippen LogP contribution >= 0.6 is 23.2 Å². The maximum atomic E-state index is 13.2. The van der Waals surface area contributed by atoms with Crippen molar-refractivity contribution >= 4 is 61.6 Å². The second-order valence-corrected chi connectivity index (χ2v) is 8.72.